The van der Waals surface area contributed by atoms with Crippen LogP contribution in [-0.4, -0.2) is 33.7 Å². The number of amides is 1. The number of halogens is 1. The number of hydrogen-bond donors (Lipinski definition) is 3. The molecule has 0 saturated heterocycles. The molecule has 1 saturated carbocycles. The largest absolute Gasteiger partial charge is 0.465 e. The molecule has 0 spiro atoms. The number of aliphatic hydroxyl groups is 1. The summed E-state index contributed by atoms with van der Waals surface area (Å²) in [5.41, 5.74) is -0.741. The monoisotopic (exact) mass is 408 g/mol. The summed E-state index contributed by atoms with van der Waals surface area (Å²) < 4.78 is 0.561. The summed E-state index contributed by atoms with van der Waals surface area (Å²) in [6.07, 6.45) is 1.62. The van der Waals surface area contributed by atoms with Crippen LogP contribution in [0.5, 0.6) is 0 Å². The van der Waals surface area contributed by atoms with Gasteiger partial charge in [0, 0.05) is 16.1 Å². The molecule has 1 aliphatic rings. The van der Waals surface area contributed by atoms with Crippen molar-refractivity contribution in [2.45, 2.75) is 50.7 Å². The van der Waals surface area contributed by atoms with Gasteiger partial charge in [0.1, 0.15) is 5.60 Å². The van der Waals surface area contributed by atoms with E-state index >= 15 is 0 Å². The fourth-order valence-electron chi connectivity index (χ4n) is 3.41. The van der Waals surface area contributed by atoms with Gasteiger partial charge < -0.3 is 15.5 Å². The lowest BCUT2D eigenvalue weighted by Crippen LogP contribution is -2.43. The molecule has 25 heavy (non-hydrogen) atoms. The lowest BCUT2D eigenvalue weighted by atomic mass is 9.73. The molecule has 6 nitrogen and oxygen atoms in total. The van der Waals surface area contributed by atoms with Crippen molar-refractivity contribution in [2.75, 3.05) is 0 Å². The number of nitrogens with zero attached hydrogens (tertiary/aromatic N) is 1. The van der Waals surface area contributed by atoms with Crippen LogP contribution in [0, 0.1) is 17.2 Å². The summed E-state index contributed by atoms with van der Waals surface area (Å²) in [4.78, 5) is 23.5. The Morgan fingerprint density at radius 1 is 1.44 bits per heavy atom. The summed E-state index contributed by atoms with van der Waals surface area (Å²) >= 11 is 3.31. The second kappa shape index (κ2) is 7.98. The fourth-order valence-corrected chi connectivity index (χ4v) is 3.83. The van der Waals surface area contributed by atoms with E-state index in [2.05, 4.69) is 21.2 Å². The van der Waals surface area contributed by atoms with Crippen LogP contribution in [0.2, 0.25) is 0 Å². The topological polar surface area (TPSA) is 110 Å². The van der Waals surface area contributed by atoms with Gasteiger partial charge in [0.2, 0.25) is 0 Å². The molecule has 0 bridgehead atoms. The minimum Gasteiger partial charge on any atom is -0.465 e. The number of nitrogens with one attached hydrogen (secondary N) is 1. The third kappa shape index (κ3) is 4.80. The van der Waals surface area contributed by atoms with Crippen molar-refractivity contribution in [3.8, 4) is 6.07 Å². The molecule has 1 aliphatic carbocycles. The highest BCUT2D eigenvalue weighted by atomic mass is 79.9. The van der Waals surface area contributed by atoms with Crippen molar-refractivity contribution >= 4 is 27.8 Å². The molecule has 0 aliphatic heterocycles. The first-order valence-electron chi connectivity index (χ1n) is 8.21. The Morgan fingerprint density at radius 3 is 2.64 bits per heavy atom. The first-order chi connectivity index (χ1) is 11.7. The molecule has 3 N–H and O–H groups in total. The Labute approximate surface area is 155 Å². The van der Waals surface area contributed by atoms with Crippen LogP contribution in [0.15, 0.2) is 22.7 Å². The number of carboxylic acid groups (broad SMARTS) is 1. The van der Waals surface area contributed by atoms with Gasteiger partial charge in [0.05, 0.1) is 11.6 Å². The lowest BCUT2D eigenvalue weighted by Gasteiger charge is -2.36. The van der Waals surface area contributed by atoms with Crippen LogP contribution in [0.4, 0.5) is 4.79 Å². The van der Waals surface area contributed by atoms with Crippen LogP contribution in [0.3, 0.4) is 0 Å². The third-order valence-electron chi connectivity index (χ3n) is 4.75. The normalized spacial score (nSPS) is 24.2. The fraction of sp³-hybridized carbons (Fsp3) is 0.500. The molecule has 1 aromatic carbocycles. The highest BCUT2D eigenvalue weighted by molar-refractivity contribution is 9.10. The molecular formula is C18H21BrN2O4. The van der Waals surface area contributed by atoms with Gasteiger partial charge in [-0.15, -0.1) is 0 Å². The van der Waals surface area contributed by atoms with Crippen molar-refractivity contribution < 1.29 is 19.8 Å². The van der Waals surface area contributed by atoms with Crippen molar-refractivity contribution in [1.82, 2.24) is 5.32 Å². The van der Waals surface area contributed by atoms with Crippen molar-refractivity contribution in [1.29, 1.82) is 5.26 Å². The van der Waals surface area contributed by atoms with Gasteiger partial charge in [-0.3, -0.25) is 4.79 Å². The number of ketones is 1. The highest BCUT2D eigenvalue weighted by Crippen LogP contribution is 2.37. The summed E-state index contributed by atoms with van der Waals surface area (Å²) in [7, 11) is 0. The summed E-state index contributed by atoms with van der Waals surface area (Å²) in [5.74, 6) is -0.101. The van der Waals surface area contributed by atoms with Crippen LogP contribution < -0.4 is 5.32 Å². The maximum Gasteiger partial charge on any atom is 0.404 e. The van der Waals surface area contributed by atoms with E-state index in [0.29, 0.717) is 47.7 Å². The van der Waals surface area contributed by atoms with E-state index in [0.717, 1.165) is 0 Å². The number of rotatable bonds is 5. The lowest BCUT2D eigenvalue weighted by molar-refractivity contribution is 0.00128. The summed E-state index contributed by atoms with van der Waals surface area (Å²) in [5, 5.41) is 31.0. The third-order valence-corrected chi connectivity index (χ3v) is 5.44. The number of Topliss-reactive ketones (excluding diaryl/α,β-unsaturated/α-hetero) is 1. The van der Waals surface area contributed by atoms with Gasteiger partial charge in [-0.25, -0.2) is 4.79 Å². The Bertz CT molecular complexity index is 706. The second-order valence-corrected chi connectivity index (χ2v) is 7.55. The van der Waals surface area contributed by atoms with E-state index in [-0.39, 0.29) is 17.7 Å². The summed E-state index contributed by atoms with van der Waals surface area (Å²) in [6, 6.07) is 6.58. The predicted molar refractivity (Wildman–Crippen MR) is 95.3 cm³/mol. The van der Waals surface area contributed by atoms with Gasteiger partial charge in [-0.05, 0) is 63.1 Å². The first kappa shape index (κ1) is 19.4. The zero-order valence-corrected chi connectivity index (χ0v) is 15.5. The van der Waals surface area contributed by atoms with Gasteiger partial charge in [0.25, 0.3) is 0 Å². The van der Waals surface area contributed by atoms with Crippen molar-refractivity contribution in [2.24, 2.45) is 5.92 Å². The SMILES string of the molecule is CC(CC1CCC(O)(C(=O)c2cc(C#N)ccc2Br)CC1)NC(=O)O. The van der Waals surface area contributed by atoms with E-state index in [1.165, 1.54) is 6.07 Å². The van der Waals surface area contributed by atoms with Gasteiger partial charge in [-0.1, -0.05) is 15.9 Å². The van der Waals surface area contributed by atoms with Gasteiger partial charge >= 0.3 is 6.09 Å². The quantitative estimate of drug-likeness (QED) is 0.645. The minimum atomic E-state index is -1.43. The van der Waals surface area contributed by atoms with Gasteiger partial charge in [-0.2, -0.15) is 5.26 Å². The minimum absolute atomic E-state index is 0.161. The van der Waals surface area contributed by atoms with Crippen LogP contribution >= 0.6 is 15.9 Å². The van der Waals surface area contributed by atoms with Crippen molar-refractivity contribution in [3.63, 3.8) is 0 Å². The molecule has 134 valence electrons. The molecule has 1 fully saturated rings. The van der Waals surface area contributed by atoms with E-state index < -0.39 is 11.7 Å². The Balaban J connectivity index is 2.03. The van der Waals surface area contributed by atoms with Gasteiger partial charge in [0.15, 0.2) is 5.78 Å². The second-order valence-electron chi connectivity index (χ2n) is 6.70. The average molecular weight is 409 g/mol. The van der Waals surface area contributed by atoms with E-state index in [4.69, 9.17) is 10.4 Å². The maximum atomic E-state index is 12.8. The Kier molecular flexibility index (Phi) is 6.20. The van der Waals surface area contributed by atoms with E-state index in [9.17, 15) is 14.7 Å². The maximum absolute atomic E-state index is 12.8. The first-order valence-corrected chi connectivity index (χ1v) is 9.01. The molecule has 1 aromatic rings. The number of carbonyl (C=O) groups excluding carboxylic acids is 1. The van der Waals surface area contributed by atoms with Crippen molar-refractivity contribution in [3.05, 3.63) is 33.8 Å². The predicted octanol–water partition coefficient (Wildman–Crippen LogP) is 3.47. The highest BCUT2D eigenvalue weighted by Gasteiger charge is 2.41. The molecule has 7 heteroatoms. The Hall–Kier alpha value is -1.91. The zero-order valence-electron chi connectivity index (χ0n) is 14.0. The van der Waals surface area contributed by atoms with E-state index in [1.807, 2.05) is 13.0 Å². The smallest absolute Gasteiger partial charge is 0.404 e. The van der Waals surface area contributed by atoms with Crippen LogP contribution in [-0.2, 0) is 0 Å². The molecule has 0 heterocycles. The number of hydrogen-bond acceptors (Lipinski definition) is 4. The molecule has 1 unspecified atom stereocenters. The molecule has 0 aromatic heterocycles. The number of benzene rings is 1. The van der Waals surface area contributed by atoms with E-state index in [1.54, 1.807) is 12.1 Å². The summed E-state index contributed by atoms with van der Waals surface area (Å²) in [6.45, 7) is 1.81. The molecule has 1 amide bonds. The zero-order chi connectivity index (χ0) is 18.6. The van der Waals surface area contributed by atoms with Crippen LogP contribution in [0.25, 0.3) is 0 Å². The molecule has 2 rings (SSSR count). The Morgan fingerprint density at radius 2 is 2.08 bits per heavy atom. The number of nitriles is 1. The molecular weight excluding hydrogens is 388 g/mol. The molecule has 1 atom stereocenters. The standard InChI is InChI=1S/C18H21BrN2O4/c1-11(21-17(23)24)8-12-4-6-18(25,7-5-12)16(22)14-9-13(10-20)2-3-15(14)19/h2-3,9,11-12,21,25H,4-8H2,1H3,(H,23,24). The number of carbonyl (C=O) groups is 2. The molecule has 0 radical (unpaired) electrons. The average Bonchev–Trinajstić information content (AvgIpc) is 2.56. The van der Waals surface area contributed by atoms with Crippen LogP contribution in [0.1, 0.15) is 54.9 Å².